The Hall–Kier alpha value is -2.37. The molecule has 0 fully saturated rings. The molecule has 0 saturated carbocycles. The van der Waals surface area contributed by atoms with Gasteiger partial charge in [0.2, 0.25) is 0 Å². The zero-order valence-electron chi connectivity index (χ0n) is 11.9. The van der Waals surface area contributed by atoms with Crippen molar-refractivity contribution in [1.29, 1.82) is 0 Å². The Balaban J connectivity index is 2.27. The van der Waals surface area contributed by atoms with Gasteiger partial charge in [0.15, 0.2) is 0 Å². The molecule has 22 heavy (non-hydrogen) atoms. The van der Waals surface area contributed by atoms with Crippen molar-refractivity contribution in [3.05, 3.63) is 53.6 Å². The summed E-state index contributed by atoms with van der Waals surface area (Å²) in [5, 5.41) is 9.36. The highest BCUT2D eigenvalue weighted by Crippen LogP contribution is 2.36. The van der Waals surface area contributed by atoms with Gasteiger partial charge in [-0.05, 0) is 37.3 Å². The van der Waals surface area contributed by atoms with Crippen LogP contribution in [0.25, 0.3) is 0 Å². The Bertz CT molecular complexity index is 653. The van der Waals surface area contributed by atoms with Crippen molar-refractivity contribution in [3.63, 3.8) is 0 Å². The molecule has 0 bridgehead atoms. The molecule has 0 spiro atoms. The Morgan fingerprint density at radius 2 is 1.91 bits per heavy atom. The Kier molecular flexibility index (Phi) is 4.49. The van der Waals surface area contributed by atoms with Crippen molar-refractivity contribution in [2.75, 3.05) is 7.11 Å². The molecule has 0 aliphatic heterocycles. The predicted octanol–water partition coefficient (Wildman–Crippen LogP) is 4.36. The monoisotopic (exact) mass is 311 g/mol. The van der Waals surface area contributed by atoms with Gasteiger partial charge in [0.1, 0.15) is 23.4 Å². The first-order valence-electron chi connectivity index (χ1n) is 6.43. The molecule has 0 heterocycles. The van der Waals surface area contributed by atoms with Crippen LogP contribution in [0.3, 0.4) is 0 Å². The minimum Gasteiger partial charge on any atom is -0.508 e. The zero-order chi connectivity index (χ0) is 16.3. The first kappa shape index (κ1) is 16.0. The van der Waals surface area contributed by atoms with Crippen LogP contribution in [0, 0.1) is 6.07 Å². The van der Waals surface area contributed by atoms with E-state index in [9.17, 15) is 18.3 Å². The van der Waals surface area contributed by atoms with E-state index in [0.29, 0.717) is 11.3 Å². The van der Waals surface area contributed by atoms with Crippen LogP contribution in [0.1, 0.15) is 24.2 Å². The number of rotatable bonds is 4. The molecule has 2 aromatic rings. The number of alkyl halides is 3. The first-order valence-corrected chi connectivity index (χ1v) is 6.43. The van der Waals surface area contributed by atoms with E-state index >= 15 is 0 Å². The van der Waals surface area contributed by atoms with Crippen LogP contribution in [0.5, 0.6) is 17.2 Å². The fourth-order valence-corrected chi connectivity index (χ4v) is 2.00. The van der Waals surface area contributed by atoms with E-state index < -0.39 is 17.8 Å². The molecule has 1 radical (unpaired) electrons. The number of benzene rings is 2. The smallest absolute Gasteiger partial charge is 0.416 e. The average molecular weight is 311 g/mol. The number of halogens is 3. The summed E-state index contributed by atoms with van der Waals surface area (Å²) < 4.78 is 48.8. The number of methoxy groups -OCH3 is 1. The van der Waals surface area contributed by atoms with Gasteiger partial charge in [-0.3, -0.25) is 0 Å². The van der Waals surface area contributed by atoms with Crippen LogP contribution < -0.4 is 9.47 Å². The summed E-state index contributed by atoms with van der Waals surface area (Å²) in [7, 11) is 1.30. The molecule has 0 aliphatic rings. The third-order valence-corrected chi connectivity index (χ3v) is 3.06. The standard InChI is InChI=1S/C16H14F3O3/c1-10(22-13-5-3-4-12(20)9-13)14-7-6-11(16(17,18)19)8-15(14)21-2/h4-10,20H,1-2H3. The molecule has 1 atom stereocenters. The van der Waals surface area contributed by atoms with Crippen molar-refractivity contribution in [3.8, 4) is 17.2 Å². The van der Waals surface area contributed by atoms with Crippen LogP contribution in [0.15, 0.2) is 36.4 Å². The van der Waals surface area contributed by atoms with Gasteiger partial charge in [0.25, 0.3) is 0 Å². The van der Waals surface area contributed by atoms with Gasteiger partial charge in [0.05, 0.1) is 12.7 Å². The van der Waals surface area contributed by atoms with E-state index in [-0.39, 0.29) is 11.5 Å². The van der Waals surface area contributed by atoms with Crippen LogP contribution in [0.2, 0.25) is 0 Å². The molecule has 1 N–H and O–H groups in total. The summed E-state index contributed by atoms with van der Waals surface area (Å²) in [5.41, 5.74) is -0.315. The number of aromatic hydroxyl groups is 1. The lowest BCUT2D eigenvalue weighted by Gasteiger charge is -2.19. The van der Waals surface area contributed by atoms with Crippen LogP contribution in [-0.2, 0) is 6.18 Å². The summed E-state index contributed by atoms with van der Waals surface area (Å²) >= 11 is 0. The highest BCUT2D eigenvalue weighted by Gasteiger charge is 2.31. The van der Waals surface area contributed by atoms with Crippen molar-refractivity contribution >= 4 is 0 Å². The quantitative estimate of drug-likeness (QED) is 0.912. The number of hydrogen-bond donors (Lipinski definition) is 1. The molecule has 0 amide bonds. The molecular formula is C16H14F3O3. The molecule has 2 aromatic carbocycles. The average Bonchev–Trinajstić information content (AvgIpc) is 2.45. The van der Waals surface area contributed by atoms with Crippen LogP contribution in [0.4, 0.5) is 13.2 Å². The van der Waals surface area contributed by atoms with Gasteiger partial charge in [-0.25, -0.2) is 0 Å². The minimum atomic E-state index is -4.43. The predicted molar refractivity (Wildman–Crippen MR) is 74.0 cm³/mol. The summed E-state index contributed by atoms with van der Waals surface area (Å²) in [6.45, 7) is 1.68. The third kappa shape index (κ3) is 3.63. The Labute approximate surface area is 125 Å². The second-order valence-corrected chi connectivity index (χ2v) is 4.64. The summed E-state index contributed by atoms with van der Waals surface area (Å²) in [4.78, 5) is 0. The lowest BCUT2D eigenvalue weighted by atomic mass is 10.1. The van der Waals surface area contributed by atoms with E-state index in [0.717, 1.165) is 12.1 Å². The highest BCUT2D eigenvalue weighted by molar-refractivity contribution is 5.41. The lowest BCUT2D eigenvalue weighted by Crippen LogP contribution is -2.09. The highest BCUT2D eigenvalue weighted by atomic mass is 19.4. The summed E-state index contributed by atoms with van der Waals surface area (Å²) in [5.74, 6) is 0.435. The topological polar surface area (TPSA) is 38.7 Å². The minimum absolute atomic E-state index is 0.0101. The fraction of sp³-hybridized carbons (Fsp3) is 0.250. The zero-order valence-corrected chi connectivity index (χ0v) is 11.9. The van der Waals surface area contributed by atoms with Crippen molar-refractivity contribution in [1.82, 2.24) is 0 Å². The second-order valence-electron chi connectivity index (χ2n) is 4.64. The van der Waals surface area contributed by atoms with E-state index in [1.165, 1.54) is 31.4 Å². The molecule has 0 aromatic heterocycles. The van der Waals surface area contributed by atoms with Crippen molar-refractivity contribution in [2.45, 2.75) is 19.2 Å². The normalized spacial score (nSPS) is 12.8. The largest absolute Gasteiger partial charge is 0.508 e. The maximum absolute atomic E-state index is 12.7. The maximum atomic E-state index is 12.7. The van der Waals surface area contributed by atoms with Gasteiger partial charge in [-0.15, -0.1) is 0 Å². The van der Waals surface area contributed by atoms with E-state index in [1.54, 1.807) is 6.92 Å². The van der Waals surface area contributed by atoms with Gasteiger partial charge >= 0.3 is 6.18 Å². The lowest BCUT2D eigenvalue weighted by molar-refractivity contribution is -0.137. The molecule has 3 nitrogen and oxygen atoms in total. The van der Waals surface area contributed by atoms with Gasteiger partial charge in [0, 0.05) is 11.6 Å². The SMILES string of the molecule is COc1cc(C(F)(F)F)ccc1C(C)Oc1c[c]cc(O)c1. The van der Waals surface area contributed by atoms with Crippen molar-refractivity contribution in [2.24, 2.45) is 0 Å². The fourth-order valence-electron chi connectivity index (χ4n) is 2.00. The Morgan fingerprint density at radius 3 is 2.50 bits per heavy atom. The summed E-state index contributed by atoms with van der Waals surface area (Å²) in [6, 6.07) is 10.2. The van der Waals surface area contributed by atoms with Gasteiger partial charge < -0.3 is 14.6 Å². The number of phenols is 1. The van der Waals surface area contributed by atoms with E-state index in [1.807, 2.05) is 0 Å². The first-order chi connectivity index (χ1) is 10.3. The van der Waals surface area contributed by atoms with Gasteiger partial charge in [-0.2, -0.15) is 13.2 Å². The molecule has 0 aliphatic carbocycles. The number of hydrogen-bond acceptors (Lipinski definition) is 3. The number of phenolic OH excluding ortho intramolecular Hbond substituents is 1. The third-order valence-electron chi connectivity index (χ3n) is 3.06. The van der Waals surface area contributed by atoms with E-state index in [4.69, 9.17) is 9.47 Å². The molecule has 117 valence electrons. The molecule has 6 heteroatoms. The van der Waals surface area contributed by atoms with Crippen LogP contribution in [-0.4, -0.2) is 12.2 Å². The molecule has 2 rings (SSSR count). The van der Waals surface area contributed by atoms with E-state index in [2.05, 4.69) is 6.07 Å². The molecule has 0 saturated heterocycles. The second kappa shape index (κ2) is 6.17. The van der Waals surface area contributed by atoms with Gasteiger partial charge in [-0.1, -0.05) is 6.07 Å². The molecular weight excluding hydrogens is 297 g/mol. The number of ether oxygens (including phenoxy) is 2. The molecule has 1 unspecified atom stereocenters. The maximum Gasteiger partial charge on any atom is 0.416 e. The Morgan fingerprint density at radius 1 is 1.18 bits per heavy atom. The van der Waals surface area contributed by atoms with Crippen LogP contribution >= 0.6 is 0 Å². The summed E-state index contributed by atoms with van der Waals surface area (Å²) in [6.07, 6.45) is -5.00. The van der Waals surface area contributed by atoms with Crippen molar-refractivity contribution < 1.29 is 27.8 Å².